The fourth-order valence-electron chi connectivity index (χ4n) is 2.35. The van der Waals surface area contributed by atoms with E-state index >= 15 is 0 Å². The van der Waals surface area contributed by atoms with Crippen LogP contribution in [0.3, 0.4) is 0 Å². The normalized spacial score (nSPS) is 19.9. The van der Waals surface area contributed by atoms with Crippen LogP contribution in [0.1, 0.15) is 25.3 Å². The van der Waals surface area contributed by atoms with Crippen LogP contribution in [-0.2, 0) is 16.0 Å². The highest BCUT2D eigenvalue weighted by atomic mass is 16.4. The molecule has 18 heavy (non-hydrogen) atoms. The Morgan fingerprint density at radius 1 is 1.44 bits per heavy atom. The monoisotopic (exact) mass is 247 g/mol. The molecule has 1 aromatic rings. The van der Waals surface area contributed by atoms with Crippen LogP contribution in [0.25, 0.3) is 0 Å². The predicted octanol–water partition coefficient (Wildman–Crippen LogP) is 2.08. The van der Waals surface area contributed by atoms with Gasteiger partial charge in [-0.1, -0.05) is 25.1 Å². The number of carboxylic acids is 1. The summed E-state index contributed by atoms with van der Waals surface area (Å²) < 4.78 is 0. The second kappa shape index (κ2) is 5.21. The zero-order valence-electron chi connectivity index (χ0n) is 10.4. The third kappa shape index (κ3) is 2.37. The fraction of sp³-hybridized carbons (Fsp3) is 0.429. The molecule has 0 bridgehead atoms. The number of piperidine rings is 1. The van der Waals surface area contributed by atoms with Gasteiger partial charge >= 0.3 is 5.97 Å². The molecule has 1 aliphatic heterocycles. The number of aryl methyl sites for hydroxylation is 1. The van der Waals surface area contributed by atoms with Gasteiger partial charge in [0.1, 0.15) is 0 Å². The quantitative estimate of drug-likeness (QED) is 0.889. The Hall–Kier alpha value is -1.84. The molecule has 1 atom stereocenters. The number of hydrogen-bond donors (Lipinski definition) is 1. The molecular formula is C14H17NO3. The lowest BCUT2D eigenvalue weighted by Crippen LogP contribution is -2.43. The maximum Gasteiger partial charge on any atom is 0.308 e. The van der Waals surface area contributed by atoms with Crippen molar-refractivity contribution in [3.8, 4) is 0 Å². The van der Waals surface area contributed by atoms with Crippen LogP contribution < -0.4 is 4.90 Å². The van der Waals surface area contributed by atoms with E-state index in [0.29, 0.717) is 12.8 Å². The van der Waals surface area contributed by atoms with E-state index in [1.54, 1.807) is 4.90 Å². The summed E-state index contributed by atoms with van der Waals surface area (Å²) in [4.78, 5) is 24.6. The van der Waals surface area contributed by atoms with Crippen LogP contribution in [0.2, 0.25) is 0 Å². The van der Waals surface area contributed by atoms with Crippen molar-refractivity contribution in [1.82, 2.24) is 0 Å². The Labute approximate surface area is 106 Å². The molecule has 0 radical (unpaired) electrons. The van der Waals surface area contributed by atoms with Crippen molar-refractivity contribution in [1.29, 1.82) is 0 Å². The van der Waals surface area contributed by atoms with Gasteiger partial charge in [-0.05, 0) is 24.5 Å². The van der Waals surface area contributed by atoms with E-state index in [2.05, 4.69) is 0 Å². The molecule has 1 N–H and O–H groups in total. The second-order valence-electron chi connectivity index (χ2n) is 4.56. The van der Waals surface area contributed by atoms with Gasteiger partial charge in [0.2, 0.25) is 5.91 Å². The van der Waals surface area contributed by atoms with Crippen molar-refractivity contribution in [2.24, 2.45) is 5.92 Å². The highest BCUT2D eigenvalue weighted by Gasteiger charge is 2.31. The van der Waals surface area contributed by atoms with E-state index < -0.39 is 11.9 Å². The number of rotatable bonds is 3. The number of nitrogens with zero attached hydrogens (tertiary/aromatic N) is 1. The van der Waals surface area contributed by atoms with Crippen molar-refractivity contribution in [3.05, 3.63) is 29.8 Å². The molecule has 4 heteroatoms. The van der Waals surface area contributed by atoms with Crippen molar-refractivity contribution in [2.45, 2.75) is 26.2 Å². The van der Waals surface area contributed by atoms with Gasteiger partial charge in [-0.3, -0.25) is 9.59 Å². The number of hydrogen-bond acceptors (Lipinski definition) is 2. The molecular weight excluding hydrogens is 230 g/mol. The van der Waals surface area contributed by atoms with Crippen LogP contribution >= 0.6 is 0 Å². The van der Waals surface area contributed by atoms with Crippen LogP contribution in [0.15, 0.2) is 24.3 Å². The van der Waals surface area contributed by atoms with E-state index in [4.69, 9.17) is 5.11 Å². The minimum atomic E-state index is -0.818. The van der Waals surface area contributed by atoms with E-state index in [0.717, 1.165) is 17.7 Å². The van der Waals surface area contributed by atoms with E-state index in [-0.39, 0.29) is 12.5 Å². The first-order valence-electron chi connectivity index (χ1n) is 6.24. The zero-order chi connectivity index (χ0) is 13.1. The van der Waals surface area contributed by atoms with Gasteiger partial charge in [-0.25, -0.2) is 0 Å². The summed E-state index contributed by atoms with van der Waals surface area (Å²) in [6, 6.07) is 7.69. The van der Waals surface area contributed by atoms with Gasteiger partial charge in [0.25, 0.3) is 0 Å². The van der Waals surface area contributed by atoms with Crippen LogP contribution in [0, 0.1) is 5.92 Å². The molecule has 1 aromatic carbocycles. The molecule has 1 aliphatic rings. The molecule has 0 spiro atoms. The van der Waals surface area contributed by atoms with Gasteiger partial charge in [-0.2, -0.15) is 0 Å². The van der Waals surface area contributed by atoms with Gasteiger partial charge in [-0.15, -0.1) is 0 Å². The smallest absolute Gasteiger partial charge is 0.308 e. The summed E-state index contributed by atoms with van der Waals surface area (Å²) in [7, 11) is 0. The summed E-state index contributed by atoms with van der Waals surface area (Å²) in [5.74, 6) is -1.25. The van der Waals surface area contributed by atoms with Crippen molar-refractivity contribution >= 4 is 17.6 Å². The molecule has 1 unspecified atom stereocenters. The van der Waals surface area contributed by atoms with E-state index in [9.17, 15) is 9.59 Å². The van der Waals surface area contributed by atoms with Gasteiger partial charge in [0, 0.05) is 18.7 Å². The molecule has 1 saturated heterocycles. The topological polar surface area (TPSA) is 57.6 Å². The average molecular weight is 247 g/mol. The summed E-state index contributed by atoms with van der Waals surface area (Å²) in [6.07, 6.45) is 1.59. The van der Waals surface area contributed by atoms with Crippen LogP contribution in [0.5, 0.6) is 0 Å². The first-order valence-corrected chi connectivity index (χ1v) is 6.24. The standard InChI is InChI=1S/C14H17NO3/c1-2-10-5-3-4-6-12(10)15-9-11(14(17)18)7-8-13(15)16/h3-6,11H,2,7-9H2,1H3,(H,17,18). The summed E-state index contributed by atoms with van der Waals surface area (Å²) in [5.41, 5.74) is 1.94. The Morgan fingerprint density at radius 3 is 2.83 bits per heavy atom. The highest BCUT2D eigenvalue weighted by molar-refractivity contribution is 5.96. The SMILES string of the molecule is CCc1ccccc1N1CC(C(=O)O)CCC1=O. The minimum absolute atomic E-state index is 0.0217. The molecule has 4 nitrogen and oxygen atoms in total. The molecule has 1 heterocycles. The Morgan fingerprint density at radius 2 is 2.17 bits per heavy atom. The number of aliphatic carboxylic acids is 1. The summed E-state index contributed by atoms with van der Waals surface area (Å²) in [5, 5.41) is 9.08. The number of anilines is 1. The lowest BCUT2D eigenvalue weighted by atomic mass is 9.96. The predicted molar refractivity (Wildman–Crippen MR) is 68.5 cm³/mol. The average Bonchev–Trinajstić information content (AvgIpc) is 2.39. The highest BCUT2D eigenvalue weighted by Crippen LogP contribution is 2.27. The summed E-state index contributed by atoms with van der Waals surface area (Å²) >= 11 is 0. The number of carboxylic acid groups (broad SMARTS) is 1. The lowest BCUT2D eigenvalue weighted by Gasteiger charge is -2.32. The minimum Gasteiger partial charge on any atom is -0.481 e. The summed E-state index contributed by atoms with van der Waals surface area (Å²) in [6.45, 7) is 2.31. The van der Waals surface area contributed by atoms with Gasteiger partial charge in [0.05, 0.1) is 5.92 Å². The van der Waals surface area contributed by atoms with Gasteiger partial charge < -0.3 is 10.0 Å². The van der Waals surface area contributed by atoms with E-state index in [1.807, 2.05) is 31.2 Å². The third-order valence-electron chi connectivity index (χ3n) is 3.42. The largest absolute Gasteiger partial charge is 0.481 e. The molecule has 1 amide bonds. The first-order chi connectivity index (χ1) is 8.63. The Balaban J connectivity index is 2.29. The number of benzene rings is 1. The molecule has 0 aliphatic carbocycles. The molecule has 2 rings (SSSR count). The number of carbonyl (C=O) groups excluding carboxylic acids is 1. The Bertz CT molecular complexity index is 470. The molecule has 96 valence electrons. The first kappa shape index (κ1) is 12.6. The zero-order valence-corrected chi connectivity index (χ0v) is 10.4. The maximum absolute atomic E-state index is 12.0. The second-order valence-corrected chi connectivity index (χ2v) is 4.56. The van der Waals surface area contributed by atoms with Crippen molar-refractivity contribution in [3.63, 3.8) is 0 Å². The van der Waals surface area contributed by atoms with Gasteiger partial charge in [0.15, 0.2) is 0 Å². The molecule has 0 aromatic heterocycles. The third-order valence-corrected chi connectivity index (χ3v) is 3.42. The van der Waals surface area contributed by atoms with Crippen LogP contribution in [0.4, 0.5) is 5.69 Å². The van der Waals surface area contributed by atoms with Crippen molar-refractivity contribution < 1.29 is 14.7 Å². The Kier molecular flexibility index (Phi) is 3.65. The number of amides is 1. The van der Waals surface area contributed by atoms with Crippen molar-refractivity contribution in [2.75, 3.05) is 11.4 Å². The van der Waals surface area contributed by atoms with Crippen LogP contribution in [-0.4, -0.2) is 23.5 Å². The number of para-hydroxylation sites is 1. The molecule has 1 fully saturated rings. The molecule has 0 saturated carbocycles. The van der Waals surface area contributed by atoms with E-state index in [1.165, 1.54) is 0 Å². The number of carbonyl (C=O) groups is 2. The maximum atomic E-state index is 12.0. The fourth-order valence-corrected chi connectivity index (χ4v) is 2.35. The lowest BCUT2D eigenvalue weighted by molar-refractivity contribution is -0.142.